The Kier molecular flexibility index (Phi) is 3.32. The molecular weight excluding hydrogens is 735 g/mol. The number of hydrogen-bond acceptors (Lipinski definition) is 6. The highest BCUT2D eigenvalue weighted by atomic mass is 32.1. The number of fused-ring (bicyclic) bond motifs is 9. The van der Waals surface area contributed by atoms with Crippen molar-refractivity contribution in [3.8, 4) is 56.4 Å². The minimum absolute atomic E-state index is 0.133. The smallest absolute Gasteiger partial charge is 0.164 e. The highest BCUT2D eigenvalue weighted by Crippen LogP contribution is 2.48. The minimum Gasteiger partial charge on any atom is -0.456 e. The van der Waals surface area contributed by atoms with Crippen molar-refractivity contribution in [3.63, 3.8) is 0 Å². The van der Waals surface area contributed by atoms with E-state index in [1.807, 2.05) is 0 Å². The first-order valence-electron chi connectivity index (χ1n) is 31.1. The monoisotopic (exact) mass is 792 g/mol. The molecule has 0 N–H and O–H groups in total. The van der Waals surface area contributed by atoms with Gasteiger partial charge in [-0.2, -0.15) is 0 Å². The molecule has 4 heterocycles. The van der Waals surface area contributed by atoms with Gasteiger partial charge in [-0.25, -0.2) is 15.0 Å². The van der Waals surface area contributed by atoms with E-state index in [9.17, 15) is 13.7 Å². The Morgan fingerprint density at radius 3 is 1.72 bits per heavy atom. The molecule has 4 aromatic heterocycles. The van der Waals surface area contributed by atoms with Crippen molar-refractivity contribution in [1.29, 1.82) is 0 Å². The summed E-state index contributed by atoms with van der Waals surface area (Å²) in [4.78, 5) is 13.2. The highest BCUT2D eigenvalue weighted by molar-refractivity contribution is 7.26. The standard InChI is InChI=1S/C51H29N3OS2/c1-3-14-30(15-4-1)49-52-50(31-16-5-2-6-17-31)54-51(53-49)39-24-13-27-44-46(39)38-23-12-22-36(48(38)57-44)40-28-32(29-42-45(40)37-19-7-9-25-41(37)55-42)33-20-11-21-35-34-18-8-10-26-43(34)56-47(33)35/h1-29H/i1D,2D,3D,4D,5D,6D,7D,8D,9D,10D,11D,12D,13D,14D,15D,16D,17D,18D,19D,20D,21D,22D,23D,24D,25D,26D,27D,28D,29D. The summed E-state index contributed by atoms with van der Waals surface area (Å²) in [5.41, 5.74) is -5.49. The molecule has 0 aliphatic carbocycles. The largest absolute Gasteiger partial charge is 0.456 e. The Morgan fingerprint density at radius 1 is 0.368 bits per heavy atom. The lowest BCUT2D eigenvalue weighted by Crippen LogP contribution is -2.00. The average Bonchev–Trinajstić information content (AvgIpc) is 1.49. The van der Waals surface area contributed by atoms with Gasteiger partial charge in [0.15, 0.2) is 17.5 Å². The van der Waals surface area contributed by atoms with Gasteiger partial charge in [-0.1, -0.05) is 145 Å². The number of rotatable bonds is 5. The molecule has 0 fully saturated rings. The summed E-state index contributed by atoms with van der Waals surface area (Å²) in [6, 6.07) is -23.7. The van der Waals surface area contributed by atoms with E-state index in [-0.39, 0.29) is 29.6 Å². The quantitative estimate of drug-likeness (QED) is 0.174. The molecule has 0 saturated heterocycles. The molecule has 57 heavy (non-hydrogen) atoms. The highest BCUT2D eigenvalue weighted by Gasteiger charge is 2.22. The molecule has 0 unspecified atom stereocenters. The Balaban J connectivity index is 1.30. The predicted molar refractivity (Wildman–Crippen MR) is 240 cm³/mol. The van der Waals surface area contributed by atoms with Crippen molar-refractivity contribution in [2.45, 2.75) is 0 Å². The molecule has 4 nitrogen and oxygen atoms in total. The van der Waals surface area contributed by atoms with Gasteiger partial charge < -0.3 is 4.42 Å². The van der Waals surface area contributed by atoms with Gasteiger partial charge in [-0.3, -0.25) is 0 Å². The summed E-state index contributed by atoms with van der Waals surface area (Å²) in [5, 5.41) is -2.29. The van der Waals surface area contributed by atoms with Gasteiger partial charge in [0.25, 0.3) is 0 Å². The molecule has 0 bridgehead atoms. The van der Waals surface area contributed by atoms with Crippen LogP contribution in [0.15, 0.2) is 180 Å². The molecule has 0 saturated carbocycles. The Hall–Kier alpha value is -6.99. The second-order valence-electron chi connectivity index (χ2n) is 12.1. The molecule has 0 amide bonds. The number of furan rings is 1. The Labute approximate surface area is 375 Å². The summed E-state index contributed by atoms with van der Waals surface area (Å²) in [7, 11) is 0. The molecule has 0 radical (unpaired) electrons. The van der Waals surface area contributed by atoms with Crippen LogP contribution in [0, 0.1) is 0 Å². The van der Waals surface area contributed by atoms with Crippen LogP contribution >= 0.6 is 22.7 Å². The van der Waals surface area contributed by atoms with E-state index in [0.717, 1.165) is 0 Å². The lowest BCUT2D eigenvalue weighted by molar-refractivity contribution is 0.669. The maximum atomic E-state index is 10.3. The van der Waals surface area contributed by atoms with E-state index >= 15 is 0 Å². The van der Waals surface area contributed by atoms with Gasteiger partial charge in [0.2, 0.25) is 0 Å². The molecule has 0 spiro atoms. The molecule has 0 atom stereocenters. The number of benzene rings is 8. The summed E-state index contributed by atoms with van der Waals surface area (Å²) < 4.78 is 266. The topological polar surface area (TPSA) is 51.8 Å². The molecule has 0 aliphatic rings. The van der Waals surface area contributed by atoms with E-state index in [4.69, 9.17) is 30.5 Å². The van der Waals surface area contributed by atoms with Crippen molar-refractivity contribution < 1.29 is 44.2 Å². The van der Waals surface area contributed by atoms with E-state index in [1.54, 1.807) is 0 Å². The number of thiophene rings is 2. The summed E-state index contributed by atoms with van der Waals surface area (Å²) in [5.74, 6) is -2.37. The average molecular weight is 793 g/mol. The van der Waals surface area contributed by atoms with Crippen molar-refractivity contribution in [3.05, 3.63) is 175 Å². The fourth-order valence-corrected chi connectivity index (χ4v) is 8.75. The molecule has 6 heteroatoms. The van der Waals surface area contributed by atoms with Crippen molar-refractivity contribution in [1.82, 2.24) is 15.0 Å². The van der Waals surface area contributed by atoms with Gasteiger partial charge >= 0.3 is 0 Å². The number of nitrogens with zero attached hydrogens (tertiary/aromatic N) is 3. The van der Waals surface area contributed by atoms with Crippen molar-refractivity contribution in [2.75, 3.05) is 0 Å². The van der Waals surface area contributed by atoms with Crippen LogP contribution in [-0.2, 0) is 0 Å². The van der Waals surface area contributed by atoms with Crippen molar-refractivity contribution in [2.24, 2.45) is 0 Å². The molecule has 12 rings (SSSR count). The zero-order valence-electron chi connectivity index (χ0n) is 57.1. The number of para-hydroxylation sites is 1. The van der Waals surface area contributed by atoms with Crippen molar-refractivity contribution >= 4 is 85.0 Å². The summed E-state index contributed by atoms with van der Waals surface area (Å²) >= 11 is 1.18. The second kappa shape index (κ2) is 12.8. The third-order valence-corrected chi connectivity index (χ3v) is 11.2. The fraction of sp³-hybridized carbons (Fsp3) is 0. The van der Waals surface area contributed by atoms with Crippen LogP contribution < -0.4 is 0 Å². The van der Waals surface area contributed by atoms with Gasteiger partial charge in [0, 0.05) is 73.4 Å². The maximum absolute atomic E-state index is 10.3. The Morgan fingerprint density at radius 2 is 0.930 bits per heavy atom. The zero-order chi connectivity index (χ0) is 62.7. The van der Waals surface area contributed by atoms with Crippen LogP contribution in [0.25, 0.3) is 119 Å². The first kappa shape index (κ1) is 14.8. The van der Waals surface area contributed by atoms with Gasteiger partial charge in [-0.15, -0.1) is 22.7 Å². The first-order chi connectivity index (χ1) is 40.3. The van der Waals surface area contributed by atoms with E-state index < -0.39 is 264 Å². The molecule has 12 aromatic rings. The number of hydrogen-bond donors (Lipinski definition) is 0. The SMILES string of the molecule is [2H]c1c([2H])c([2H])c(-c2nc(-c3c([2H])c([2H])c([2H])c([2H])c3[2H])nc(-c3c([2H])c([2H])c([2H])c4sc5c(-c6c([2H])c(-c7c([2H])c([2H])c([2H])c8c7sc7c([2H])c([2H])c([2H])c([2H])c78)c([2H])c7oc8c([2H])c([2H])c([2H])c([2H])c8c67)c([2H])c([2H])c([2H])c5c34)n2)c([2H])c1[2H]. The third kappa shape index (κ3) is 5.15. The maximum Gasteiger partial charge on any atom is 0.164 e. The molecular formula is C51H29N3OS2. The van der Waals surface area contributed by atoms with Gasteiger partial charge in [-0.05, 0) is 46.9 Å². The van der Waals surface area contributed by atoms with Crippen LogP contribution in [0.3, 0.4) is 0 Å². The van der Waals surface area contributed by atoms with Crippen LogP contribution in [0.4, 0.5) is 0 Å². The molecule has 8 aromatic carbocycles. The number of aromatic nitrogens is 3. The van der Waals surface area contributed by atoms with Crippen LogP contribution in [0.2, 0.25) is 0 Å². The second-order valence-corrected chi connectivity index (χ2v) is 14.1. The Bertz CT molecular complexity index is 5100. The van der Waals surface area contributed by atoms with E-state index in [0.29, 0.717) is 22.7 Å². The predicted octanol–water partition coefficient (Wildman–Crippen LogP) is 14.8. The van der Waals surface area contributed by atoms with Crippen LogP contribution in [0.5, 0.6) is 0 Å². The third-order valence-electron chi connectivity index (χ3n) is 8.94. The van der Waals surface area contributed by atoms with Gasteiger partial charge in [0.05, 0.1) is 39.8 Å². The molecule has 266 valence electrons. The zero-order valence-corrected chi connectivity index (χ0v) is 29.7. The van der Waals surface area contributed by atoms with Gasteiger partial charge in [0.1, 0.15) is 11.2 Å². The van der Waals surface area contributed by atoms with E-state index in [1.165, 1.54) is 0 Å². The van der Waals surface area contributed by atoms with E-state index in [2.05, 4.69) is 15.0 Å². The first-order valence-corrected chi connectivity index (χ1v) is 18.2. The normalized spacial score (nSPS) is 19.0. The minimum atomic E-state index is -0.955. The summed E-state index contributed by atoms with van der Waals surface area (Å²) in [6.07, 6.45) is 0. The van der Waals surface area contributed by atoms with Crippen LogP contribution in [0.1, 0.15) is 39.8 Å². The summed E-state index contributed by atoms with van der Waals surface area (Å²) in [6.45, 7) is 0. The lowest BCUT2D eigenvalue weighted by atomic mass is 9.93. The molecule has 0 aliphatic heterocycles. The van der Waals surface area contributed by atoms with Crippen LogP contribution in [-0.4, -0.2) is 15.0 Å². The lowest BCUT2D eigenvalue weighted by Gasteiger charge is -2.11. The fourth-order valence-electron chi connectivity index (χ4n) is 6.55.